The van der Waals surface area contributed by atoms with E-state index in [1.807, 2.05) is 0 Å². The molecule has 2 aliphatic heterocycles. The third kappa shape index (κ3) is 2.82. The number of morpholine rings is 1. The molecule has 2 aliphatic rings. The topological polar surface area (TPSA) is 41.7 Å². The zero-order valence-electron chi connectivity index (χ0n) is 11.4. The first-order valence-corrected chi connectivity index (χ1v) is 7.20. The molecule has 0 bridgehead atoms. The standard InChI is InChI=1S/C15H23N3O/c16-11-15-14-4-2-1-3-13(14)12-18(15)6-5-17-7-9-19-10-8-17/h1-4,15H,5-12,16H2. The van der Waals surface area contributed by atoms with Crippen molar-refractivity contribution in [2.75, 3.05) is 45.9 Å². The van der Waals surface area contributed by atoms with Crippen molar-refractivity contribution < 1.29 is 4.74 Å². The molecule has 0 aromatic heterocycles. The molecule has 0 saturated carbocycles. The molecule has 4 heteroatoms. The van der Waals surface area contributed by atoms with Crippen LogP contribution < -0.4 is 5.73 Å². The quantitative estimate of drug-likeness (QED) is 0.872. The minimum Gasteiger partial charge on any atom is -0.379 e. The summed E-state index contributed by atoms with van der Waals surface area (Å²) >= 11 is 0. The number of nitrogens with two attached hydrogens (primary N) is 1. The number of hydrogen-bond acceptors (Lipinski definition) is 4. The zero-order valence-corrected chi connectivity index (χ0v) is 11.4. The van der Waals surface area contributed by atoms with Crippen LogP contribution in [-0.4, -0.2) is 55.7 Å². The summed E-state index contributed by atoms with van der Waals surface area (Å²) in [4.78, 5) is 5.00. The fraction of sp³-hybridized carbons (Fsp3) is 0.600. The number of fused-ring (bicyclic) bond motifs is 1. The van der Waals surface area contributed by atoms with Crippen molar-refractivity contribution in [1.29, 1.82) is 0 Å². The number of rotatable bonds is 4. The SMILES string of the molecule is NCC1c2ccccc2CN1CCN1CCOCC1. The van der Waals surface area contributed by atoms with E-state index in [0.717, 1.165) is 45.9 Å². The van der Waals surface area contributed by atoms with Crippen molar-refractivity contribution in [3.63, 3.8) is 0 Å². The molecule has 1 fully saturated rings. The Labute approximate surface area is 115 Å². The summed E-state index contributed by atoms with van der Waals surface area (Å²) in [7, 11) is 0. The van der Waals surface area contributed by atoms with Gasteiger partial charge in [-0.25, -0.2) is 0 Å². The third-order valence-electron chi connectivity index (χ3n) is 4.26. The molecule has 3 rings (SSSR count). The van der Waals surface area contributed by atoms with Crippen LogP contribution in [0, 0.1) is 0 Å². The van der Waals surface area contributed by atoms with Crippen LogP contribution in [0.5, 0.6) is 0 Å². The van der Waals surface area contributed by atoms with Crippen LogP contribution in [0.1, 0.15) is 17.2 Å². The van der Waals surface area contributed by atoms with Gasteiger partial charge in [0, 0.05) is 45.3 Å². The van der Waals surface area contributed by atoms with E-state index >= 15 is 0 Å². The minimum atomic E-state index is 0.400. The molecule has 1 aromatic rings. The highest BCUT2D eigenvalue weighted by Crippen LogP contribution is 2.32. The molecule has 1 unspecified atom stereocenters. The maximum Gasteiger partial charge on any atom is 0.0594 e. The lowest BCUT2D eigenvalue weighted by Crippen LogP contribution is -2.41. The van der Waals surface area contributed by atoms with Crippen LogP contribution in [0.3, 0.4) is 0 Å². The van der Waals surface area contributed by atoms with Gasteiger partial charge in [-0.05, 0) is 11.1 Å². The number of benzene rings is 1. The first-order valence-electron chi connectivity index (χ1n) is 7.20. The van der Waals surface area contributed by atoms with Gasteiger partial charge in [0.2, 0.25) is 0 Å². The molecule has 19 heavy (non-hydrogen) atoms. The normalized spacial score (nSPS) is 24.6. The summed E-state index contributed by atoms with van der Waals surface area (Å²) in [5.74, 6) is 0. The Morgan fingerprint density at radius 2 is 1.95 bits per heavy atom. The largest absolute Gasteiger partial charge is 0.379 e. The summed E-state index contributed by atoms with van der Waals surface area (Å²) in [6, 6.07) is 9.09. The van der Waals surface area contributed by atoms with Crippen LogP contribution in [0.15, 0.2) is 24.3 Å². The van der Waals surface area contributed by atoms with E-state index in [4.69, 9.17) is 10.5 Å². The Hall–Kier alpha value is -0.940. The van der Waals surface area contributed by atoms with Gasteiger partial charge < -0.3 is 10.5 Å². The fourth-order valence-corrected chi connectivity index (χ4v) is 3.13. The molecule has 0 radical (unpaired) electrons. The van der Waals surface area contributed by atoms with Crippen LogP contribution in [0.4, 0.5) is 0 Å². The molecule has 0 spiro atoms. The highest BCUT2D eigenvalue weighted by Gasteiger charge is 2.28. The molecule has 4 nitrogen and oxygen atoms in total. The summed E-state index contributed by atoms with van der Waals surface area (Å²) in [5.41, 5.74) is 8.84. The van der Waals surface area contributed by atoms with Gasteiger partial charge in [0.25, 0.3) is 0 Å². The van der Waals surface area contributed by atoms with Gasteiger partial charge in [0.15, 0.2) is 0 Å². The van der Waals surface area contributed by atoms with Gasteiger partial charge in [-0.3, -0.25) is 9.80 Å². The first kappa shape index (κ1) is 13.1. The van der Waals surface area contributed by atoms with Crippen LogP contribution >= 0.6 is 0 Å². The second kappa shape index (κ2) is 6.01. The van der Waals surface area contributed by atoms with Crippen LogP contribution in [-0.2, 0) is 11.3 Å². The highest BCUT2D eigenvalue weighted by molar-refractivity contribution is 5.34. The van der Waals surface area contributed by atoms with E-state index in [-0.39, 0.29) is 0 Å². The van der Waals surface area contributed by atoms with Crippen LogP contribution in [0.25, 0.3) is 0 Å². The van der Waals surface area contributed by atoms with Gasteiger partial charge in [0.1, 0.15) is 0 Å². The molecule has 0 amide bonds. The summed E-state index contributed by atoms with van der Waals surface area (Å²) < 4.78 is 5.39. The lowest BCUT2D eigenvalue weighted by Gasteiger charge is -2.30. The van der Waals surface area contributed by atoms with E-state index < -0.39 is 0 Å². The van der Waals surface area contributed by atoms with E-state index in [2.05, 4.69) is 34.1 Å². The Balaban J connectivity index is 1.60. The minimum absolute atomic E-state index is 0.400. The Bertz CT molecular complexity index is 418. The molecule has 1 aromatic carbocycles. The lowest BCUT2D eigenvalue weighted by molar-refractivity contribution is 0.0314. The molecule has 2 heterocycles. The summed E-state index contributed by atoms with van der Waals surface area (Å²) in [6.45, 7) is 7.84. The molecule has 2 N–H and O–H groups in total. The van der Waals surface area contributed by atoms with Crippen molar-refractivity contribution in [3.8, 4) is 0 Å². The van der Waals surface area contributed by atoms with Crippen LogP contribution in [0.2, 0.25) is 0 Å². The maximum atomic E-state index is 5.97. The number of nitrogens with zero attached hydrogens (tertiary/aromatic N) is 2. The van der Waals surface area contributed by atoms with Crippen molar-refractivity contribution in [3.05, 3.63) is 35.4 Å². The van der Waals surface area contributed by atoms with Crippen molar-refractivity contribution in [2.24, 2.45) is 5.73 Å². The molecule has 0 aliphatic carbocycles. The number of ether oxygens (including phenoxy) is 1. The highest BCUT2D eigenvalue weighted by atomic mass is 16.5. The summed E-state index contributed by atoms with van der Waals surface area (Å²) in [5, 5.41) is 0. The van der Waals surface area contributed by atoms with Gasteiger partial charge >= 0.3 is 0 Å². The second-order valence-corrected chi connectivity index (χ2v) is 5.37. The Morgan fingerprint density at radius 3 is 2.74 bits per heavy atom. The van der Waals surface area contributed by atoms with E-state index in [0.29, 0.717) is 12.6 Å². The predicted octanol–water partition coefficient (Wildman–Crippen LogP) is 0.834. The van der Waals surface area contributed by atoms with Crippen molar-refractivity contribution in [1.82, 2.24) is 9.80 Å². The van der Waals surface area contributed by atoms with Gasteiger partial charge in [-0.15, -0.1) is 0 Å². The van der Waals surface area contributed by atoms with Gasteiger partial charge in [-0.2, -0.15) is 0 Å². The Morgan fingerprint density at radius 1 is 1.16 bits per heavy atom. The van der Waals surface area contributed by atoms with Crippen molar-refractivity contribution in [2.45, 2.75) is 12.6 Å². The molecule has 1 atom stereocenters. The van der Waals surface area contributed by atoms with E-state index in [9.17, 15) is 0 Å². The summed E-state index contributed by atoms with van der Waals surface area (Å²) in [6.07, 6.45) is 0. The molecule has 104 valence electrons. The van der Waals surface area contributed by atoms with E-state index in [1.165, 1.54) is 11.1 Å². The number of hydrogen-bond donors (Lipinski definition) is 1. The van der Waals surface area contributed by atoms with Gasteiger partial charge in [-0.1, -0.05) is 24.3 Å². The molecular formula is C15H23N3O. The first-order chi connectivity index (χ1) is 9.38. The zero-order chi connectivity index (χ0) is 13.1. The average Bonchev–Trinajstić information content (AvgIpc) is 2.83. The maximum absolute atomic E-state index is 5.97. The second-order valence-electron chi connectivity index (χ2n) is 5.37. The van der Waals surface area contributed by atoms with Gasteiger partial charge in [0.05, 0.1) is 13.2 Å². The lowest BCUT2D eigenvalue weighted by atomic mass is 10.1. The smallest absolute Gasteiger partial charge is 0.0594 e. The van der Waals surface area contributed by atoms with E-state index in [1.54, 1.807) is 0 Å². The third-order valence-corrected chi connectivity index (χ3v) is 4.26. The monoisotopic (exact) mass is 261 g/mol. The molecule has 1 saturated heterocycles. The average molecular weight is 261 g/mol. The predicted molar refractivity (Wildman–Crippen MR) is 75.9 cm³/mol. The van der Waals surface area contributed by atoms with Crippen molar-refractivity contribution >= 4 is 0 Å². The fourth-order valence-electron chi connectivity index (χ4n) is 3.13. The Kier molecular flexibility index (Phi) is 4.13. The molecular weight excluding hydrogens is 238 g/mol.